The maximum Gasteiger partial charge on any atom is 0.348 e. The molecule has 0 saturated heterocycles. The summed E-state index contributed by atoms with van der Waals surface area (Å²) < 4.78 is 35.9. The van der Waals surface area contributed by atoms with Gasteiger partial charge >= 0.3 is 5.97 Å². The summed E-state index contributed by atoms with van der Waals surface area (Å²) in [5, 5.41) is 14.2. The van der Waals surface area contributed by atoms with Crippen LogP contribution in [0.5, 0.6) is 0 Å². The molecule has 0 aliphatic carbocycles. The minimum atomic E-state index is -0.534. The first-order valence-electron chi connectivity index (χ1n) is 8.72. The Bertz CT molecular complexity index is 1180. The number of fused-ring (bicyclic) bond motifs is 1. The molecule has 0 amide bonds. The Hall–Kier alpha value is -3.40. The first-order valence-corrected chi connectivity index (χ1v) is 9.54. The molecular weight excluding hydrogens is 400 g/mol. The summed E-state index contributed by atoms with van der Waals surface area (Å²) in [6.07, 6.45) is 1.39. The summed E-state index contributed by atoms with van der Waals surface area (Å²) in [4.78, 5) is 12.7. The summed E-state index contributed by atoms with van der Waals surface area (Å²) in [5.41, 5.74) is 1.14. The molecule has 0 bridgehead atoms. The van der Waals surface area contributed by atoms with Crippen LogP contribution in [0.15, 0.2) is 42.7 Å². The average molecular weight is 415 g/mol. The molecule has 10 heteroatoms. The lowest BCUT2D eigenvalue weighted by Crippen LogP contribution is -2.09. The molecular formula is C19H15F2N5O2S. The molecule has 0 atom stereocenters. The van der Waals surface area contributed by atoms with Crippen molar-refractivity contribution in [2.24, 2.45) is 0 Å². The molecule has 148 valence electrons. The molecule has 29 heavy (non-hydrogen) atoms. The van der Waals surface area contributed by atoms with Crippen molar-refractivity contribution >= 4 is 33.1 Å². The van der Waals surface area contributed by atoms with Crippen LogP contribution in [0.1, 0.15) is 22.2 Å². The van der Waals surface area contributed by atoms with Gasteiger partial charge in [0.1, 0.15) is 22.8 Å². The fourth-order valence-corrected chi connectivity index (χ4v) is 4.08. The average Bonchev–Trinajstić information content (AvgIpc) is 3.36. The van der Waals surface area contributed by atoms with Gasteiger partial charge in [0.15, 0.2) is 0 Å². The van der Waals surface area contributed by atoms with E-state index in [1.807, 2.05) is 0 Å². The van der Waals surface area contributed by atoms with Gasteiger partial charge in [0.25, 0.3) is 0 Å². The standard InChI is InChI=1S/C19H15F2N5O2S/c1-2-28-19(27)18-12(17-14(21)4-3-5-16(17)29-18)9-22-15-8-11(6-7-13(15)20)26-10-23-24-25-26/h3-8,10,22H,2,9H2,1H3. The zero-order valence-corrected chi connectivity index (χ0v) is 16.0. The second kappa shape index (κ2) is 7.92. The van der Waals surface area contributed by atoms with Crippen molar-refractivity contribution in [3.8, 4) is 5.69 Å². The van der Waals surface area contributed by atoms with E-state index in [1.165, 1.54) is 35.3 Å². The number of thiophene rings is 1. The molecule has 0 aliphatic rings. The zero-order chi connectivity index (χ0) is 20.4. The normalized spacial score (nSPS) is 11.0. The third-order valence-corrected chi connectivity index (χ3v) is 5.42. The molecule has 7 nitrogen and oxygen atoms in total. The van der Waals surface area contributed by atoms with Crippen LogP contribution in [0.4, 0.5) is 14.5 Å². The number of rotatable bonds is 6. The van der Waals surface area contributed by atoms with Crippen LogP contribution in [-0.2, 0) is 11.3 Å². The fraction of sp³-hybridized carbons (Fsp3) is 0.158. The first kappa shape index (κ1) is 18.9. The summed E-state index contributed by atoms with van der Waals surface area (Å²) in [6, 6.07) is 8.97. The Morgan fingerprint density at radius 2 is 2.10 bits per heavy atom. The predicted molar refractivity (Wildman–Crippen MR) is 104 cm³/mol. The number of hydrogen-bond acceptors (Lipinski definition) is 7. The van der Waals surface area contributed by atoms with Gasteiger partial charge in [-0.25, -0.2) is 18.3 Å². The van der Waals surface area contributed by atoms with Gasteiger partial charge < -0.3 is 10.1 Å². The smallest absolute Gasteiger partial charge is 0.348 e. The number of esters is 1. The number of carbonyl (C=O) groups excluding carboxylic acids is 1. The van der Waals surface area contributed by atoms with E-state index in [4.69, 9.17) is 4.74 Å². The third-order valence-electron chi connectivity index (χ3n) is 4.24. The monoisotopic (exact) mass is 415 g/mol. The molecule has 2 aromatic heterocycles. The van der Waals surface area contributed by atoms with Crippen molar-refractivity contribution in [2.75, 3.05) is 11.9 Å². The fourth-order valence-electron chi connectivity index (χ4n) is 2.95. The highest BCUT2D eigenvalue weighted by Crippen LogP contribution is 2.34. The lowest BCUT2D eigenvalue weighted by atomic mass is 10.1. The Balaban J connectivity index is 1.70. The zero-order valence-electron chi connectivity index (χ0n) is 15.2. The number of nitrogens with zero attached hydrogens (tertiary/aromatic N) is 4. The summed E-state index contributed by atoms with van der Waals surface area (Å²) in [6.45, 7) is 1.93. The van der Waals surface area contributed by atoms with Gasteiger partial charge in [0.05, 0.1) is 18.0 Å². The van der Waals surface area contributed by atoms with Crippen LogP contribution >= 0.6 is 11.3 Å². The molecule has 4 rings (SSSR count). The van der Waals surface area contributed by atoms with E-state index in [-0.39, 0.29) is 23.7 Å². The number of aromatic nitrogens is 4. The Morgan fingerprint density at radius 1 is 1.24 bits per heavy atom. The van der Waals surface area contributed by atoms with E-state index in [0.29, 0.717) is 21.3 Å². The Kier molecular flexibility index (Phi) is 5.17. The van der Waals surface area contributed by atoms with E-state index in [9.17, 15) is 13.6 Å². The van der Waals surface area contributed by atoms with Crippen LogP contribution < -0.4 is 5.32 Å². The maximum absolute atomic E-state index is 14.5. The number of halogens is 2. The van der Waals surface area contributed by atoms with Crippen molar-refractivity contribution in [1.82, 2.24) is 20.2 Å². The van der Waals surface area contributed by atoms with Gasteiger partial charge in [-0.05, 0) is 47.7 Å². The number of nitrogens with one attached hydrogen (secondary N) is 1. The molecule has 4 aromatic rings. The summed E-state index contributed by atoms with van der Waals surface area (Å²) >= 11 is 1.15. The highest BCUT2D eigenvalue weighted by atomic mass is 32.1. The van der Waals surface area contributed by atoms with Crippen molar-refractivity contribution in [1.29, 1.82) is 0 Å². The van der Waals surface area contributed by atoms with E-state index in [0.717, 1.165) is 11.3 Å². The molecule has 1 N–H and O–H groups in total. The molecule has 0 spiro atoms. The third kappa shape index (κ3) is 3.66. The predicted octanol–water partition coefficient (Wildman–Crippen LogP) is 3.94. The number of tetrazole rings is 1. The van der Waals surface area contributed by atoms with Crippen molar-refractivity contribution in [2.45, 2.75) is 13.5 Å². The number of anilines is 1. The molecule has 0 radical (unpaired) electrons. The highest BCUT2D eigenvalue weighted by molar-refractivity contribution is 7.21. The van der Waals surface area contributed by atoms with Crippen LogP contribution in [0.3, 0.4) is 0 Å². The van der Waals surface area contributed by atoms with E-state index in [2.05, 4.69) is 20.8 Å². The van der Waals surface area contributed by atoms with Crippen molar-refractivity contribution in [3.05, 3.63) is 64.8 Å². The second-order valence-electron chi connectivity index (χ2n) is 6.02. The largest absolute Gasteiger partial charge is 0.462 e. The first-order chi connectivity index (χ1) is 14.1. The molecule has 2 heterocycles. The van der Waals surface area contributed by atoms with Gasteiger partial charge in [-0.3, -0.25) is 0 Å². The van der Waals surface area contributed by atoms with Crippen LogP contribution in [0.2, 0.25) is 0 Å². The minimum absolute atomic E-state index is 0.0328. The quantitative estimate of drug-likeness (QED) is 0.481. The topological polar surface area (TPSA) is 81.9 Å². The summed E-state index contributed by atoms with van der Waals surface area (Å²) in [7, 11) is 0. The van der Waals surface area contributed by atoms with E-state index >= 15 is 0 Å². The molecule has 0 unspecified atom stereocenters. The highest BCUT2D eigenvalue weighted by Gasteiger charge is 2.22. The van der Waals surface area contributed by atoms with Gasteiger partial charge in [-0.2, -0.15) is 0 Å². The van der Waals surface area contributed by atoms with Crippen LogP contribution in [0.25, 0.3) is 15.8 Å². The summed E-state index contributed by atoms with van der Waals surface area (Å²) in [5.74, 6) is -1.48. The van der Waals surface area contributed by atoms with Gasteiger partial charge in [-0.15, -0.1) is 16.4 Å². The van der Waals surface area contributed by atoms with Crippen LogP contribution in [0, 0.1) is 11.6 Å². The van der Waals surface area contributed by atoms with Crippen molar-refractivity contribution < 1.29 is 18.3 Å². The Labute approximate surface area is 167 Å². The molecule has 0 saturated carbocycles. The minimum Gasteiger partial charge on any atom is -0.462 e. The number of ether oxygens (including phenoxy) is 1. The Morgan fingerprint density at radius 3 is 2.86 bits per heavy atom. The van der Waals surface area contributed by atoms with E-state index in [1.54, 1.807) is 19.1 Å². The van der Waals surface area contributed by atoms with Crippen LogP contribution in [-0.4, -0.2) is 32.8 Å². The van der Waals surface area contributed by atoms with Gasteiger partial charge in [0, 0.05) is 22.2 Å². The lowest BCUT2D eigenvalue weighted by molar-refractivity contribution is 0.0531. The van der Waals surface area contributed by atoms with Gasteiger partial charge in [0.2, 0.25) is 0 Å². The second-order valence-corrected chi connectivity index (χ2v) is 7.07. The van der Waals surface area contributed by atoms with Crippen molar-refractivity contribution in [3.63, 3.8) is 0 Å². The van der Waals surface area contributed by atoms with Gasteiger partial charge in [-0.1, -0.05) is 6.07 Å². The molecule has 0 fully saturated rings. The number of benzene rings is 2. The van der Waals surface area contributed by atoms with E-state index < -0.39 is 17.6 Å². The molecule has 2 aromatic carbocycles. The maximum atomic E-state index is 14.5. The number of carbonyl (C=O) groups is 1. The lowest BCUT2D eigenvalue weighted by Gasteiger charge is -2.11. The molecule has 0 aliphatic heterocycles. The number of hydrogen-bond donors (Lipinski definition) is 1. The SMILES string of the molecule is CCOC(=O)c1sc2cccc(F)c2c1CNc1cc(-n2cnnn2)ccc1F.